The van der Waals surface area contributed by atoms with Gasteiger partial charge in [-0.25, -0.2) is 9.97 Å². The molecule has 0 amide bonds. The second-order valence-electron chi connectivity index (χ2n) is 5.66. The van der Waals surface area contributed by atoms with Gasteiger partial charge >= 0.3 is 0 Å². The molecule has 0 bridgehead atoms. The van der Waals surface area contributed by atoms with Gasteiger partial charge in [-0.2, -0.15) is 9.98 Å². The first-order valence-corrected chi connectivity index (χ1v) is 8.25. The number of rotatable bonds is 4. The molecule has 0 radical (unpaired) electrons. The van der Waals surface area contributed by atoms with E-state index in [4.69, 9.17) is 11.5 Å². The second-order valence-corrected chi connectivity index (χ2v) is 5.66. The third-order valence-electron chi connectivity index (χ3n) is 3.57. The average molecular weight is 360 g/mol. The highest BCUT2D eigenvalue weighted by molar-refractivity contribution is 6.01. The summed E-state index contributed by atoms with van der Waals surface area (Å²) in [4.78, 5) is 16.5. The van der Waals surface area contributed by atoms with Crippen molar-refractivity contribution in [2.75, 3.05) is 10.6 Å². The average Bonchev–Trinajstić information content (AvgIpc) is 2.64. The minimum Gasteiger partial charge on any atom is -0.369 e. The molecule has 6 N–H and O–H groups in total. The van der Waals surface area contributed by atoms with Gasteiger partial charge in [-0.05, 0) is 30.7 Å². The molecule has 8 nitrogen and oxygen atoms in total. The number of aromatic nitrogens is 2. The maximum Gasteiger partial charge on any atom is 0.225 e. The summed E-state index contributed by atoms with van der Waals surface area (Å²) in [6.45, 7) is 1.97. The predicted octanol–water partition coefficient (Wildman–Crippen LogP) is 2.90. The fourth-order valence-corrected chi connectivity index (χ4v) is 2.29. The Morgan fingerprint density at radius 3 is 2.48 bits per heavy atom. The topological polar surface area (TPSA) is 127 Å². The number of benzene rings is 2. The maximum absolute atomic E-state index is 5.89. The van der Waals surface area contributed by atoms with E-state index in [0.717, 1.165) is 16.9 Å². The molecule has 1 aromatic heterocycles. The molecular weight excluding hydrogens is 340 g/mol. The number of para-hydroxylation sites is 2. The van der Waals surface area contributed by atoms with Crippen LogP contribution in [-0.4, -0.2) is 21.9 Å². The van der Waals surface area contributed by atoms with Crippen LogP contribution in [0.2, 0.25) is 0 Å². The van der Waals surface area contributed by atoms with E-state index in [0.29, 0.717) is 11.6 Å². The lowest BCUT2D eigenvalue weighted by Gasteiger charge is -2.08. The number of hydrogen-bond donors (Lipinski definition) is 4. The number of nitrogens with two attached hydrogens (primary N) is 2. The molecule has 136 valence electrons. The number of nitrogens with zero attached hydrogens (tertiary/aromatic N) is 4. The van der Waals surface area contributed by atoms with Crippen LogP contribution >= 0.6 is 0 Å². The number of anilines is 3. The molecule has 0 saturated carbocycles. The van der Waals surface area contributed by atoms with E-state index >= 15 is 0 Å². The van der Waals surface area contributed by atoms with Crippen LogP contribution in [0.3, 0.4) is 0 Å². The lowest BCUT2D eigenvalue weighted by Crippen LogP contribution is -2.26. The van der Waals surface area contributed by atoms with E-state index in [2.05, 4.69) is 30.6 Å². The van der Waals surface area contributed by atoms with Crippen LogP contribution < -0.4 is 22.1 Å². The van der Waals surface area contributed by atoms with Crippen molar-refractivity contribution in [3.05, 3.63) is 72.6 Å². The van der Waals surface area contributed by atoms with Gasteiger partial charge in [-0.15, -0.1) is 0 Å². The Morgan fingerprint density at radius 2 is 1.70 bits per heavy atom. The molecule has 3 aromatic rings. The largest absolute Gasteiger partial charge is 0.369 e. The fraction of sp³-hybridized carbons (Fsp3) is 0.0526. The predicted molar refractivity (Wildman–Crippen MR) is 109 cm³/mol. The van der Waals surface area contributed by atoms with Gasteiger partial charge < -0.3 is 22.1 Å². The first-order valence-electron chi connectivity index (χ1n) is 8.25. The van der Waals surface area contributed by atoms with Gasteiger partial charge in [-0.1, -0.05) is 36.4 Å². The van der Waals surface area contributed by atoms with Gasteiger partial charge in [-0.3, -0.25) is 0 Å². The third kappa shape index (κ3) is 5.27. The minimum atomic E-state index is -0.0158. The molecule has 27 heavy (non-hydrogen) atoms. The van der Waals surface area contributed by atoms with Crippen LogP contribution in [0.15, 0.2) is 77.0 Å². The van der Waals surface area contributed by atoms with E-state index in [1.807, 2.05) is 61.5 Å². The summed E-state index contributed by atoms with van der Waals surface area (Å²) in [5.74, 6) is 1.09. The van der Waals surface area contributed by atoms with Crippen LogP contribution in [-0.2, 0) is 0 Å². The molecule has 0 spiro atoms. The van der Waals surface area contributed by atoms with Gasteiger partial charge in [0.15, 0.2) is 5.82 Å². The van der Waals surface area contributed by atoms with Crippen LogP contribution in [0.25, 0.3) is 0 Å². The minimum absolute atomic E-state index is 0.0158. The van der Waals surface area contributed by atoms with Crippen molar-refractivity contribution < 1.29 is 0 Å². The first kappa shape index (κ1) is 17.9. The zero-order chi connectivity index (χ0) is 19.1. The first-order chi connectivity index (χ1) is 13.1. The summed E-state index contributed by atoms with van der Waals surface area (Å²) < 4.78 is 0. The Morgan fingerprint density at radius 1 is 0.963 bits per heavy atom. The molecule has 0 atom stereocenters. The SMILES string of the molecule is Cc1ccccc1N/C(N)=N/C(N)=Nc1cc(Nc2ccccc2)ncn1. The fourth-order valence-electron chi connectivity index (χ4n) is 2.29. The third-order valence-corrected chi connectivity index (χ3v) is 3.57. The molecule has 2 aromatic carbocycles. The Labute approximate surface area is 157 Å². The highest BCUT2D eigenvalue weighted by Gasteiger charge is 2.02. The van der Waals surface area contributed by atoms with Crippen molar-refractivity contribution in [2.45, 2.75) is 6.92 Å². The zero-order valence-corrected chi connectivity index (χ0v) is 14.8. The molecule has 0 aliphatic carbocycles. The summed E-state index contributed by atoms with van der Waals surface area (Å²) in [7, 11) is 0. The summed E-state index contributed by atoms with van der Waals surface area (Å²) in [6, 6.07) is 19.0. The number of nitrogens with one attached hydrogen (secondary N) is 2. The number of aryl methyl sites for hydroxylation is 1. The summed E-state index contributed by atoms with van der Waals surface area (Å²) >= 11 is 0. The summed E-state index contributed by atoms with van der Waals surface area (Å²) in [6.07, 6.45) is 1.40. The van der Waals surface area contributed by atoms with Crippen molar-refractivity contribution in [3.63, 3.8) is 0 Å². The van der Waals surface area contributed by atoms with Gasteiger partial charge in [0, 0.05) is 17.4 Å². The van der Waals surface area contributed by atoms with E-state index < -0.39 is 0 Å². The van der Waals surface area contributed by atoms with Gasteiger partial charge in [0.05, 0.1) is 0 Å². The zero-order valence-electron chi connectivity index (χ0n) is 14.8. The van der Waals surface area contributed by atoms with Gasteiger partial charge in [0.25, 0.3) is 0 Å². The quantitative estimate of drug-likeness (QED) is 0.418. The van der Waals surface area contributed by atoms with Crippen LogP contribution in [0, 0.1) is 6.92 Å². The van der Waals surface area contributed by atoms with Crippen molar-refractivity contribution in [1.29, 1.82) is 0 Å². The van der Waals surface area contributed by atoms with Crippen LogP contribution in [0.4, 0.5) is 23.0 Å². The lowest BCUT2D eigenvalue weighted by molar-refractivity contribution is 1.15. The second kappa shape index (κ2) is 8.43. The highest BCUT2D eigenvalue weighted by Crippen LogP contribution is 2.17. The van der Waals surface area contributed by atoms with Crippen molar-refractivity contribution in [1.82, 2.24) is 9.97 Å². The van der Waals surface area contributed by atoms with E-state index in [1.54, 1.807) is 6.07 Å². The van der Waals surface area contributed by atoms with Crippen molar-refractivity contribution in [3.8, 4) is 0 Å². The highest BCUT2D eigenvalue weighted by atomic mass is 15.2. The van der Waals surface area contributed by atoms with E-state index in [-0.39, 0.29) is 11.9 Å². The molecule has 8 heteroatoms. The monoisotopic (exact) mass is 360 g/mol. The molecule has 3 rings (SSSR count). The molecule has 0 aliphatic rings. The number of aliphatic imine (C=N–C) groups is 2. The maximum atomic E-state index is 5.89. The van der Waals surface area contributed by atoms with Crippen molar-refractivity contribution >= 4 is 34.9 Å². The number of hydrogen-bond acceptors (Lipinski definition) is 4. The lowest BCUT2D eigenvalue weighted by atomic mass is 10.2. The Bertz CT molecular complexity index is 966. The normalized spacial score (nSPS) is 11.9. The summed E-state index contributed by atoms with van der Waals surface area (Å²) in [5, 5.41) is 6.16. The van der Waals surface area contributed by atoms with E-state index in [9.17, 15) is 0 Å². The molecule has 0 saturated heterocycles. The van der Waals surface area contributed by atoms with Gasteiger partial charge in [0.2, 0.25) is 11.9 Å². The smallest absolute Gasteiger partial charge is 0.225 e. The van der Waals surface area contributed by atoms with Crippen LogP contribution in [0.5, 0.6) is 0 Å². The van der Waals surface area contributed by atoms with E-state index in [1.165, 1.54) is 6.33 Å². The molecule has 0 fully saturated rings. The standard InChI is InChI=1S/C19H20N8/c1-13-7-5-6-10-15(13)25-18(20)27-19(21)26-17-11-16(22-12-23-17)24-14-8-3-2-4-9-14/h2-12H,1H3,(H6,20,21,22,23,24,25,26,27). The van der Waals surface area contributed by atoms with Crippen molar-refractivity contribution in [2.24, 2.45) is 21.5 Å². The number of guanidine groups is 2. The molecule has 1 heterocycles. The Hall–Kier alpha value is -3.94. The molecule has 0 unspecified atom stereocenters. The molecule has 0 aliphatic heterocycles. The Balaban J connectivity index is 1.72. The van der Waals surface area contributed by atoms with Crippen LogP contribution in [0.1, 0.15) is 5.56 Å². The summed E-state index contributed by atoms with van der Waals surface area (Å²) in [5.41, 5.74) is 14.6. The Kier molecular flexibility index (Phi) is 5.58. The molecular formula is C19H20N8. The van der Waals surface area contributed by atoms with Gasteiger partial charge in [0.1, 0.15) is 12.1 Å².